The molecule has 0 saturated heterocycles. The topological polar surface area (TPSA) is 136 Å². The molecule has 0 aromatic carbocycles. The molecule has 2 aromatic rings. The lowest BCUT2D eigenvalue weighted by molar-refractivity contribution is 0.683. The summed E-state index contributed by atoms with van der Waals surface area (Å²) < 4.78 is 2.20. The highest BCUT2D eigenvalue weighted by Gasteiger charge is 2.13. The van der Waals surface area contributed by atoms with Gasteiger partial charge in [0.15, 0.2) is 5.82 Å². The van der Waals surface area contributed by atoms with Gasteiger partial charge >= 0.3 is 5.69 Å². The van der Waals surface area contributed by atoms with Crippen LogP contribution < -0.4 is 21.9 Å². The molecule has 0 unspecified atom stereocenters. The third kappa shape index (κ3) is 3.14. The number of anilines is 2. The highest BCUT2D eigenvalue weighted by Crippen LogP contribution is 2.15. The number of nitriles is 1. The third-order valence-corrected chi connectivity index (χ3v) is 3.18. The second kappa shape index (κ2) is 6.33. The molecule has 0 aliphatic carbocycles. The minimum absolute atomic E-state index is 0.0305. The van der Waals surface area contributed by atoms with Crippen LogP contribution in [0.4, 0.5) is 11.9 Å². The molecule has 2 aromatic heterocycles. The van der Waals surface area contributed by atoms with E-state index < -0.39 is 11.2 Å². The first kappa shape index (κ1) is 16.9. The summed E-state index contributed by atoms with van der Waals surface area (Å²) in [5, 5.41) is 9.39. The van der Waals surface area contributed by atoms with E-state index >= 15 is 0 Å². The van der Waals surface area contributed by atoms with Crippen molar-refractivity contribution in [2.24, 2.45) is 14.1 Å². The standard InChI is InChI=1S/C14H16N8O2/c1-20(2)13-18-10(17-12(16)19-13)8(6-15)5-9-7-21(3)14(24)22(4)11(9)23/h5,7H,1-4H3,(H2,16,17,18,19)/b8-5+. The van der Waals surface area contributed by atoms with Crippen LogP contribution in [0.5, 0.6) is 0 Å². The summed E-state index contributed by atoms with van der Waals surface area (Å²) in [6.45, 7) is 0. The van der Waals surface area contributed by atoms with Crippen molar-refractivity contribution in [3.05, 3.63) is 38.4 Å². The van der Waals surface area contributed by atoms with Crippen LogP contribution >= 0.6 is 0 Å². The first-order valence-corrected chi connectivity index (χ1v) is 6.82. The number of nitrogen functional groups attached to an aromatic ring is 1. The van der Waals surface area contributed by atoms with Gasteiger partial charge in [-0.3, -0.25) is 9.36 Å². The van der Waals surface area contributed by atoms with Crippen molar-refractivity contribution in [2.75, 3.05) is 24.7 Å². The number of nitrogens with zero attached hydrogens (tertiary/aromatic N) is 7. The van der Waals surface area contributed by atoms with E-state index in [4.69, 9.17) is 5.73 Å². The maximum absolute atomic E-state index is 12.2. The van der Waals surface area contributed by atoms with Crippen LogP contribution in [0.3, 0.4) is 0 Å². The fourth-order valence-corrected chi connectivity index (χ4v) is 1.94. The van der Waals surface area contributed by atoms with Crippen molar-refractivity contribution in [3.63, 3.8) is 0 Å². The average Bonchev–Trinajstić information content (AvgIpc) is 2.54. The van der Waals surface area contributed by atoms with E-state index in [1.165, 1.54) is 30.9 Å². The summed E-state index contributed by atoms with van der Waals surface area (Å²) in [6.07, 6.45) is 2.66. The van der Waals surface area contributed by atoms with Gasteiger partial charge in [0.05, 0.1) is 11.1 Å². The zero-order valence-electron chi connectivity index (χ0n) is 13.7. The van der Waals surface area contributed by atoms with Gasteiger partial charge in [-0.15, -0.1) is 0 Å². The number of rotatable bonds is 3. The van der Waals surface area contributed by atoms with Crippen molar-refractivity contribution in [3.8, 4) is 6.07 Å². The van der Waals surface area contributed by atoms with Crippen LogP contribution in [0.1, 0.15) is 11.4 Å². The van der Waals surface area contributed by atoms with Crippen LogP contribution in [-0.2, 0) is 14.1 Å². The van der Waals surface area contributed by atoms with E-state index in [9.17, 15) is 14.9 Å². The van der Waals surface area contributed by atoms with E-state index in [1.54, 1.807) is 19.0 Å². The number of hydrogen-bond acceptors (Lipinski definition) is 8. The molecule has 0 aliphatic rings. The Labute approximate surface area is 137 Å². The Kier molecular flexibility index (Phi) is 4.45. The van der Waals surface area contributed by atoms with Crippen LogP contribution in [0, 0.1) is 11.3 Å². The monoisotopic (exact) mass is 328 g/mol. The van der Waals surface area contributed by atoms with Crippen LogP contribution in [0.2, 0.25) is 0 Å². The summed E-state index contributed by atoms with van der Waals surface area (Å²) in [5.41, 5.74) is 4.84. The maximum atomic E-state index is 12.2. The Morgan fingerprint density at radius 3 is 2.54 bits per heavy atom. The quantitative estimate of drug-likeness (QED) is 0.707. The molecule has 0 atom stereocenters. The molecular weight excluding hydrogens is 312 g/mol. The molecule has 10 nitrogen and oxygen atoms in total. The molecule has 0 saturated carbocycles. The first-order chi connectivity index (χ1) is 11.2. The van der Waals surface area contributed by atoms with E-state index in [0.717, 1.165) is 4.57 Å². The Bertz CT molecular complexity index is 978. The Morgan fingerprint density at radius 2 is 1.96 bits per heavy atom. The van der Waals surface area contributed by atoms with Crippen molar-refractivity contribution in [1.29, 1.82) is 5.26 Å². The normalized spacial score (nSPS) is 11.2. The largest absolute Gasteiger partial charge is 0.368 e. The van der Waals surface area contributed by atoms with Gasteiger partial charge in [0.1, 0.15) is 6.07 Å². The number of allylic oxidation sites excluding steroid dienone is 1. The fraction of sp³-hybridized carbons (Fsp3) is 0.286. The number of aryl methyl sites for hydroxylation is 1. The zero-order chi connectivity index (χ0) is 18.0. The number of hydrogen-bond donors (Lipinski definition) is 1. The summed E-state index contributed by atoms with van der Waals surface area (Å²) in [5.74, 6) is 0.287. The summed E-state index contributed by atoms with van der Waals surface area (Å²) in [4.78, 5) is 37.5. The molecule has 0 amide bonds. The second-order valence-corrected chi connectivity index (χ2v) is 5.22. The highest BCUT2D eigenvalue weighted by atomic mass is 16.2. The first-order valence-electron chi connectivity index (χ1n) is 6.82. The second-order valence-electron chi connectivity index (χ2n) is 5.22. The molecule has 124 valence electrons. The molecule has 2 rings (SSSR count). The van der Waals surface area contributed by atoms with Gasteiger partial charge in [-0.1, -0.05) is 0 Å². The zero-order valence-corrected chi connectivity index (χ0v) is 13.7. The van der Waals surface area contributed by atoms with Crippen molar-refractivity contribution < 1.29 is 0 Å². The van der Waals surface area contributed by atoms with Gasteiger partial charge < -0.3 is 15.2 Å². The number of nitrogens with two attached hydrogens (primary N) is 1. The SMILES string of the molecule is CN(C)c1nc(N)nc(/C(C#N)=C/c2cn(C)c(=O)n(C)c2=O)n1. The third-order valence-electron chi connectivity index (χ3n) is 3.18. The minimum Gasteiger partial charge on any atom is -0.368 e. The Hall–Kier alpha value is -3.48. The summed E-state index contributed by atoms with van der Waals surface area (Å²) >= 11 is 0. The van der Waals surface area contributed by atoms with Gasteiger partial charge in [0.2, 0.25) is 11.9 Å². The molecule has 0 aliphatic heterocycles. The van der Waals surface area contributed by atoms with Gasteiger partial charge in [0.25, 0.3) is 5.56 Å². The fourth-order valence-electron chi connectivity index (χ4n) is 1.94. The molecule has 2 N–H and O–H groups in total. The molecule has 0 radical (unpaired) electrons. The highest BCUT2D eigenvalue weighted by molar-refractivity contribution is 5.87. The van der Waals surface area contributed by atoms with Crippen molar-refractivity contribution >= 4 is 23.5 Å². The lowest BCUT2D eigenvalue weighted by Crippen LogP contribution is -2.37. The van der Waals surface area contributed by atoms with E-state index in [0.29, 0.717) is 0 Å². The van der Waals surface area contributed by atoms with Crippen LogP contribution in [-0.4, -0.2) is 38.2 Å². The van der Waals surface area contributed by atoms with E-state index in [-0.39, 0.29) is 28.9 Å². The molecule has 2 heterocycles. The van der Waals surface area contributed by atoms with Gasteiger partial charge in [-0.2, -0.15) is 20.2 Å². The van der Waals surface area contributed by atoms with Gasteiger partial charge in [0, 0.05) is 34.4 Å². The van der Waals surface area contributed by atoms with E-state index in [1.807, 2.05) is 6.07 Å². The smallest absolute Gasteiger partial charge is 0.330 e. The van der Waals surface area contributed by atoms with E-state index in [2.05, 4.69) is 15.0 Å². The molecule has 0 spiro atoms. The predicted octanol–water partition coefficient (Wildman–Crippen LogP) is -1.02. The number of aromatic nitrogens is 5. The van der Waals surface area contributed by atoms with Crippen molar-refractivity contribution in [2.45, 2.75) is 0 Å². The molecule has 0 fully saturated rings. The molecule has 10 heteroatoms. The molecule has 0 bridgehead atoms. The summed E-state index contributed by atoms with van der Waals surface area (Å²) in [7, 11) is 6.31. The van der Waals surface area contributed by atoms with Crippen LogP contribution in [0.25, 0.3) is 11.6 Å². The maximum Gasteiger partial charge on any atom is 0.330 e. The lowest BCUT2D eigenvalue weighted by atomic mass is 10.2. The summed E-state index contributed by atoms with van der Waals surface area (Å²) in [6, 6.07) is 1.94. The minimum atomic E-state index is -0.527. The predicted molar refractivity (Wildman–Crippen MR) is 89.0 cm³/mol. The molecular formula is C14H16N8O2. The lowest BCUT2D eigenvalue weighted by Gasteiger charge is -2.11. The van der Waals surface area contributed by atoms with Crippen molar-refractivity contribution in [1.82, 2.24) is 24.1 Å². The average molecular weight is 328 g/mol. The van der Waals surface area contributed by atoms with Gasteiger partial charge in [-0.25, -0.2) is 4.79 Å². The van der Waals surface area contributed by atoms with Crippen LogP contribution in [0.15, 0.2) is 15.8 Å². The Morgan fingerprint density at radius 1 is 1.29 bits per heavy atom. The molecule has 24 heavy (non-hydrogen) atoms. The van der Waals surface area contributed by atoms with Gasteiger partial charge in [-0.05, 0) is 6.08 Å². The Balaban J connectivity index is 2.67.